The molecule has 1 aliphatic carbocycles. The molecule has 0 radical (unpaired) electrons. The van der Waals surface area contributed by atoms with E-state index in [0.29, 0.717) is 18.5 Å². The number of nitrogens with zero attached hydrogens (tertiary/aromatic N) is 3. The summed E-state index contributed by atoms with van der Waals surface area (Å²) < 4.78 is 2.08. The highest BCUT2D eigenvalue weighted by atomic mass is 15.5. The van der Waals surface area contributed by atoms with Crippen molar-refractivity contribution in [3.63, 3.8) is 0 Å². The first kappa shape index (κ1) is 9.65. The monoisotopic (exact) mass is 194 g/mol. The summed E-state index contributed by atoms with van der Waals surface area (Å²) in [4.78, 5) is 0. The first-order chi connectivity index (χ1) is 6.65. The van der Waals surface area contributed by atoms with Crippen molar-refractivity contribution in [1.29, 1.82) is 0 Å². The van der Waals surface area contributed by atoms with Gasteiger partial charge in [-0.2, -0.15) is 0 Å². The van der Waals surface area contributed by atoms with Crippen molar-refractivity contribution in [1.82, 2.24) is 15.0 Å². The van der Waals surface area contributed by atoms with Crippen LogP contribution >= 0.6 is 0 Å². The molecule has 1 heterocycles. The van der Waals surface area contributed by atoms with E-state index in [0.717, 1.165) is 11.6 Å². The molecular formula is C10H18N4. The summed E-state index contributed by atoms with van der Waals surface area (Å²) in [5.41, 5.74) is 7.82. The SMILES string of the molecule is CC(C)c1c(CN)nnn1C1CC1C. The Bertz CT molecular complexity index is 329. The van der Waals surface area contributed by atoms with Gasteiger partial charge in [-0.25, -0.2) is 4.68 Å². The Labute approximate surface area is 84.5 Å². The van der Waals surface area contributed by atoms with Gasteiger partial charge in [-0.1, -0.05) is 26.0 Å². The standard InChI is InChI=1S/C10H18N4/c1-6(2)10-8(5-11)12-13-14(10)9-4-7(9)3/h6-7,9H,4-5,11H2,1-3H3. The molecule has 1 saturated carbocycles. The van der Waals surface area contributed by atoms with Crippen LogP contribution in [0.4, 0.5) is 0 Å². The zero-order chi connectivity index (χ0) is 10.3. The lowest BCUT2D eigenvalue weighted by molar-refractivity contribution is 0.541. The molecule has 1 fully saturated rings. The largest absolute Gasteiger partial charge is 0.325 e. The maximum absolute atomic E-state index is 5.64. The molecule has 2 unspecified atom stereocenters. The van der Waals surface area contributed by atoms with Gasteiger partial charge in [-0.15, -0.1) is 5.10 Å². The highest BCUT2D eigenvalue weighted by molar-refractivity contribution is 5.16. The third-order valence-corrected chi connectivity index (χ3v) is 2.93. The summed E-state index contributed by atoms with van der Waals surface area (Å²) >= 11 is 0. The van der Waals surface area contributed by atoms with Crippen molar-refractivity contribution >= 4 is 0 Å². The van der Waals surface area contributed by atoms with Crippen LogP contribution in [0.2, 0.25) is 0 Å². The molecule has 1 aromatic rings. The molecule has 0 spiro atoms. The first-order valence-electron chi connectivity index (χ1n) is 5.29. The van der Waals surface area contributed by atoms with Crippen LogP contribution in [0.15, 0.2) is 0 Å². The van der Waals surface area contributed by atoms with Gasteiger partial charge in [0.2, 0.25) is 0 Å². The Hall–Kier alpha value is -0.900. The molecule has 78 valence electrons. The fourth-order valence-corrected chi connectivity index (χ4v) is 1.97. The van der Waals surface area contributed by atoms with Crippen LogP contribution in [0.5, 0.6) is 0 Å². The van der Waals surface area contributed by atoms with Gasteiger partial charge >= 0.3 is 0 Å². The normalized spacial score (nSPS) is 25.8. The molecule has 2 N–H and O–H groups in total. The van der Waals surface area contributed by atoms with Crippen molar-refractivity contribution < 1.29 is 0 Å². The third-order valence-electron chi connectivity index (χ3n) is 2.93. The summed E-state index contributed by atoms with van der Waals surface area (Å²) in [5.74, 6) is 1.20. The van der Waals surface area contributed by atoms with Crippen molar-refractivity contribution in [2.45, 2.75) is 45.7 Å². The zero-order valence-electron chi connectivity index (χ0n) is 9.07. The summed E-state index contributed by atoms with van der Waals surface area (Å²) in [6.45, 7) is 7.08. The van der Waals surface area contributed by atoms with E-state index < -0.39 is 0 Å². The van der Waals surface area contributed by atoms with Crippen LogP contribution in [-0.4, -0.2) is 15.0 Å². The van der Waals surface area contributed by atoms with Gasteiger partial charge in [0.25, 0.3) is 0 Å². The lowest BCUT2D eigenvalue weighted by Crippen LogP contribution is -2.08. The second-order valence-corrected chi connectivity index (χ2v) is 4.51. The fraction of sp³-hybridized carbons (Fsp3) is 0.800. The predicted octanol–water partition coefficient (Wildman–Crippen LogP) is 1.44. The van der Waals surface area contributed by atoms with E-state index in [2.05, 4.69) is 35.8 Å². The van der Waals surface area contributed by atoms with E-state index >= 15 is 0 Å². The second kappa shape index (κ2) is 3.35. The molecule has 1 aromatic heterocycles. The van der Waals surface area contributed by atoms with Gasteiger partial charge in [0, 0.05) is 6.54 Å². The van der Waals surface area contributed by atoms with E-state index in [-0.39, 0.29) is 0 Å². The maximum atomic E-state index is 5.64. The molecular weight excluding hydrogens is 176 g/mol. The first-order valence-corrected chi connectivity index (χ1v) is 5.29. The Balaban J connectivity index is 2.35. The van der Waals surface area contributed by atoms with Gasteiger partial charge in [0.1, 0.15) is 0 Å². The van der Waals surface area contributed by atoms with E-state index in [1.807, 2.05) is 0 Å². The van der Waals surface area contributed by atoms with Crippen molar-refractivity contribution in [2.75, 3.05) is 0 Å². The lowest BCUT2D eigenvalue weighted by Gasteiger charge is -2.09. The van der Waals surface area contributed by atoms with Gasteiger partial charge in [0.05, 0.1) is 17.4 Å². The maximum Gasteiger partial charge on any atom is 0.0997 e. The summed E-state index contributed by atoms with van der Waals surface area (Å²) in [5, 5.41) is 8.35. The molecule has 0 saturated heterocycles. The summed E-state index contributed by atoms with van der Waals surface area (Å²) in [7, 11) is 0. The predicted molar refractivity (Wildman–Crippen MR) is 54.8 cm³/mol. The van der Waals surface area contributed by atoms with Crippen molar-refractivity contribution in [3.8, 4) is 0 Å². The molecule has 4 heteroatoms. The van der Waals surface area contributed by atoms with Crippen LogP contribution in [0.1, 0.15) is 50.5 Å². The topological polar surface area (TPSA) is 56.7 Å². The van der Waals surface area contributed by atoms with Crippen LogP contribution in [-0.2, 0) is 6.54 Å². The quantitative estimate of drug-likeness (QED) is 0.792. The van der Waals surface area contributed by atoms with Gasteiger partial charge in [-0.3, -0.25) is 0 Å². The highest BCUT2D eigenvalue weighted by Crippen LogP contribution is 2.43. The van der Waals surface area contributed by atoms with Crippen LogP contribution in [0.3, 0.4) is 0 Å². The molecule has 4 nitrogen and oxygen atoms in total. The van der Waals surface area contributed by atoms with Crippen LogP contribution < -0.4 is 5.73 Å². The van der Waals surface area contributed by atoms with Gasteiger partial charge < -0.3 is 5.73 Å². The van der Waals surface area contributed by atoms with E-state index in [1.54, 1.807) is 0 Å². The smallest absolute Gasteiger partial charge is 0.0997 e. The van der Waals surface area contributed by atoms with Crippen molar-refractivity contribution in [3.05, 3.63) is 11.4 Å². The van der Waals surface area contributed by atoms with Crippen LogP contribution in [0, 0.1) is 5.92 Å². The molecule has 14 heavy (non-hydrogen) atoms. The van der Waals surface area contributed by atoms with Crippen molar-refractivity contribution in [2.24, 2.45) is 11.7 Å². The number of hydrogen-bond acceptors (Lipinski definition) is 3. The Morgan fingerprint density at radius 1 is 1.57 bits per heavy atom. The molecule has 0 bridgehead atoms. The Morgan fingerprint density at radius 3 is 2.64 bits per heavy atom. The molecule has 2 atom stereocenters. The van der Waals surface area contributed by atoms with Gasteiger partial charge in [0.15, 0.2) is 0 Å². The fourth-order valence-electron chi connectivity index (χ4n) is 1.97. The Morgan fingerprint density at radius 2 is 2.21 bits per heavy atom. The number of aromatic nitrogens is 3. The minimum Gasteiger partial charge on any atom is -0.325 e. The number of nitrogens with two attached hydrogens (primary N) is 1. The van der Waals surface area contributed by atoms with E-state index in [9.17, 15) is 0 Å². The minimum absolute atomic E-state index is 0.455. The molecule has 2 rings (SSSR count). The molecule has 0 aliphatic heterocycles. The average Bonchev–Trinajstić information content (AvgIpc) is 2.72. The van der Waals surface area contributed by atoms with Crippen LogP contribution in [0.25, 0.3) is 0 Å². The summed E-state index contributed by atoms with van der Waals surface area (Å²) in [6.07, 6.45) is 1.23. The Kier molecular flexibility index (Phi) is 2.31. The number of hydrogen-bond donors (Lipinski definition) is 1. The van der Waals surface area contributed by atoms with E-state index in [1.165, 1.54) is 12.1 Å². The molecule has 0 aromatic carbocycles. The third kappa shape index (κ3) is 1.43. The number of rotatable bonds is 3. The minimum atomic E-state index is 0.455. The molecule has 0 amide bonds. The van der Waals surface area contributed by atoms with Gasteiger partial charge in [-0.05, 0) is 18.3 Å². The zero-order valence-corrected chi connectivity index (χ0v) is 9.07. The highest BCUT2D eigenvalue weighted by Gasteiger charge is 2.37. The van der Waals surface area contributed by atoms with E-state index in [4.69, 9.17) is 5.73 Å². The average molecular weight is 194 g/mol. The molecule has 1 aliphatic rings. The second-order valence-electron chi connectivity index (χ2n) is 4.51. The summed E-state index contributed by atoms with van der Waals surface area (Å²) in [6, 6.07) is 0.570. The lowest BCUT2D eigenvalue weighted by atomic mass is 10.1.